The molecule has 110 valence electrons. The molecule has 1 amide bonds. The minimum atomic E-state index is -0.186. The highest BCUT2D eigenvalue weighted by Gasteiger charge is 2.26. The first-order valence-corrected chi connectivity index (χ1v) is 7.69. The van der Waals surface area contributed by atoms with Gasteiger partial charge in [0.1, 0.15) is 5.82 Å². The molecular weight excluding hydrogens is 323 g/mol. The van der Waals surface area contributed by atoms with E-state index in [4.69, 9.17) is 0 Å². The van der Waals surface area contributed by atoms with Crippen LogP contribution in [0.15, 0.2) is 22.7 Å². The number of hydrogen-bond acceptors (Lipinski definition) is 2. The van der Waals surface area contributed by atoms with Gasteiger partial charge in [-0.3, -0.25) is 4.79 Å². The molecule has 1 N–H and O–H groups in total. The van der Waals surface area contributed by atoms with E-state index in [-0.39, 0.29) is 11.7 Å². The summed E-state index contributed by atoms with van der Waals surface area (Å²) in [5.74, 6) is 0.325. The first kappa shape index (κ1) is 15.4. The van der Waals surface area contributed by atoms with Crippen molar-refractivity contribution in [2.75, 3.05) is 13.1 Å². The molecule has 1 fully saturated rings. The molecule has 1 aliphatic heterocycles. The van der Waals surface area contributed by atoms with Gasteiger partial charge in [0, 0.05) is 42.6 Å². The Kier molecular flexibility index (Phi) is 5.16. The lowest BCUT2D eigenvalue weighted by Crippen LogP contribution is -2.49. The lowest BCUT2D eigenvalue weighted by Gasteiger charge is -2.37. The number of likely N-dealkylation sites (tertiary alicyclic amines) is 1. The average molecular weight is 343 g/mol. The number of amides is 1. The zero-order chi connectivity index (χ0) is 14.7. The quantitative estimate of drug-likeness (QED) is 0.915. The van der Waals surface area contributed by atoms with Crippen LogP contribution in [-0.4, -0.2) is 29.9 Å². The summed E-state index contributed by atoms with van der Waals surface area (Å²) in [5.41, 5.74) is 0.667. The second-order valence-corrected chi connectivity index (χ2v) is 6.37. The summed E-state index contributed by atoms with van der Waals surface area (Å²) in [6, 6.07) is 5.30. The molecule has 2 rings (SSSR count). The lowest BCUT2D eigenvalue weighted by atomic mass is 9.93. The molecule has 2 atom stereocenters. The molecule has 20 heavy (non-hydrogen) atoms. The normalized spacial score (nSPS) is 22.9. The molecule has 0 saturated carbocycles. The Labute approximate surface area is 127 Å². The molecule has 1 saturated heterocycles. The Bertz CT molecular complexity index is 495. The predicted molar refractivity (Wildman–Crippen MR) is 80.8 cm³/mol. The van der Waals surface area contributed by atoms with E-state index in [0.717, 1.165) is 24.0 Å². The van der Waals surface area contributed by atoms with E-state index in [1.165, 1.54) is 6.07 Å². The van der Waals surface area contributed by atoms with Crippen LogP contribution in [0.4, 0.5) is 4.39 Å². The van der Waals surface area contributed by atoms with Gasteiger partial charge in [-0.25, -0.2) is 4.39 Å². The highest BCUT2D eigenvalue weighted by atomic mass is 79.9. The van der Waals surface area contributed by atoms with Gasteiger partial charge < -0.3 is 10.2 Å². The van der Waals surface area contributed by atoms with Gasteiger partial charge in [0.2, 0.25) is 5.91 Å². The largest absolute Gasteiger partial charge is 0.343 e. The number of rotatable bonds is 3. The zero-order valence-corrected chi connectivity index (χ0v) is 13.4. The number of hydrogen-bond donors (Lipinski definition) is 1. The topological polar surface area (TPSA) is 32.3 Å². The maximum atomic E-state index is 13.7. The molecular formula is C15H20BrFN2O. The third kappa shape index (κ3) is 3.79. The Morgan fingerprint density at radius 3 is 2.95 bits per heavy atom. The number of nitrogens with one attached hydrogen (secondary N) is 1. The molecule has 1 heterocycles. The minimum Gasteiger partial charge on any atom is -0.343 e. The van der Waals surface area contributed by atoms with Crippen LogP contribution >= 0.6 is 15.9 Å². The van der Waals surface area contributed by atoms with Crippen molar-refractivity contribution in [3.8, 4) is 0 Å². The van der Waals surface area contributed by atoms with Gasteiger partial charge in [-0.15, -0.1) is 0 Å². The Balaban J connectivity index is 1.91. The van der Waals surface area contributed by atoms with Crippen LogP contribution in [-0.2, 0) is 11.3 Å². The summed E-state index contributed by atoms with van der Waals surface area (Å²) in [5, 5.41) is 3.42. The fourth-order valence-corrected chi connectivity index (χ4v) is 3.06. The SMILES string of the molecule is CC(=O)N1CC[C@H](NCc2cc(Br)ccc2F)[C@@H](C)C1. The highest BCUT2D eigenvalue weighted by Crippen LogP contribution is 2.19. The average Bonchev–Trinajstić information content (AvgIpc) is 2.40. The number of carbonyl (C=O) groups excluding carboxylic acids is 1. The van der Waals surface area contributed by atoms with Gasteiger partial charge in [-0.2, -0.15) is 0 Å². The summed E-state index contributed by atoms with van der Waals surface area (Å²) in [4.78, 5) is 13.2. The third-order valence-corrected chi connectivity index (χ3v) is 4.41. The molecule has 1 aliphatic rings. The number of nitrogens with zero attached hydrogens (tertiary/aromatic N) is 1. The van der Waals surface area contributed by atoms with Gasteiger partial charge in [-0.05, 0) is 30.5 Å². The Hall–Kier alpha value is -0.940. The third-order valence-electron chi connectivity index (χ3n) is 3.91. The fraction of sp³-hybridized carbons (Fsp3) is 0.533. The van der Waals surface area contributed by atoms with Gasteiger partial charge in [0.15, 0.2) is 0 Å². The van der Waals surface area contributed by atoms with Crippen molar-refractivity contribution in [2.45, 2.75) is 32.9 Å². The van der Waals surface area contributed by atoms with Crippen LogP contribution in [0.3, 0.4) is 0 Å². The fourth-order valence-electron chi connectivity index (χ4n) is 2.65. The van der Waals surface area contributed by atoms with Crippen LogP contribution in [0.1, 0.15) is 25.8 Å². The lowest BCUT2D eigenvalue weighted by molar-refractivity contribution is -0.130. The molecule has 0 aliphatic carbocycles. The van der Waals surface area contributed by atoms with Crippen molar-refractivity contribution in [1.82, 2.24) is 10.2 Å². The van der Waals surface area contributed by atoms with E-state index in [0.29, 0.717) is 24.1 Å². The van der Waals surface area contributed by atoms with E-state index >= 15 is 0 Å². The number of piperidine rings is 1. The van der Waals surface area contributed by atoms with Crippen molar-refractivity contribution < 1.29 is 9.18 Å². The monoisotopic (exact) mass is 342 g/mol. The van der Waals surface area contributed by atoms with Crippen LogP contribution < -0.4 is 5.32 Å². The van der Waals surface area contributed by atoms with Crippen molar-refractivity contribution in [1.29, 1.82) is 0 Å². The highest BCUT2D eigenvalue weighted by molar-refractivity contribution is 9.10. The van der Waals surface area contributed by atoms with E-state index in [2.05, 4.69) is 28.2 Å². The molecule has 5 heteroatoms. The van der Waals surface area contributed by atoms with Gasteiger partial charge >= 0.3 is 0 Å². The predicted octanol–water partition coefficient (Wildman–Crippen LogP) is 2.93. The van der Waals surface area contributed by atoms with Crippen molar-refractivity contribution in [3.05, 3.63) is 34.1 Å². The molecule has 0 bridgehead atoms. The first-order chi connectivity index (χ1) is 9.47. The summed E-state index contributed by atoms with van der Waals surface area (Å²) >= 11 is 3.36. The van der Waals surface area contributed by atoms with Gasteiger partial charge in [0.25, 0.3) is 0 Å². The van der Waals surface area contributed by atoms with Crippen LogP contribution in [0, 0.1) is 11.7 Å². The standard InChI is InChI=1S/C15H20BrFN2O/c1-10-9-19(11(2)20)6-5-15(10)18-8-12-7-13(16)3-4-14(12)17/h3-4,7,10,15,18H,5-6,8-9H2,1-2H3/t10-,15-/m0/s1. The Morgan fingerprint density at radius 1 is 1.55 bits per heavy atom. The molecule has 1 aromatic carbocycles. The Morgan fingerprint density at radius 2 is 2.30 bits per heavy atom. The maximum Gasteiger partial charge on any atom is 0.219 e. The molecule has 0 unspecified atom stereocenters. The summed E-state index contributed by atoms with van der Waals surface area (Å²) in [6.45, 7) is 5.80. The van der Waals surface area contributed by atoms with Crippen molar-refractivity contribution in [3.63, 3.8) is 0 Å². The summed E-state index contributed by atoms with van der Waals surface area (Å²) < 4.78 is 14.6. The second kappa shape index (κ2) is 6.68. The van der Waals surface area contributed by atoms with E-state index in [1.54, 1.807) is 19.1 Å². The number of carbonyl (C=O) groups is 1. The smallest absolute Gasteiger partial charge is 0.219 e. The van der Waals surface area contributed by atoms with Crippen LogP contribution in [0.5, 0.6) is 0 Å². The van der Waals surface area contributed by atoms with Crippen LogP contribution in [0.25, 0.3) is 0 Å². The van der Waals surface area contributed by atoms with Gasteiger partial charge in [0.05, 0.1) is 0 Å². The van der Waals surface area contributed by atoms with Crippen molar-refractivity contribution in [2.24, 2.45) is 5.92 Å². The van der Waals surface area contributed by atoms with E-state index < -0.39 is 0 Å². The maximum absolute atomic E-state index is 13.7. The molecule has 1 aromatic rings. The molecule has 0 spiro atoms. The number of benzene rings is 1. The zero-order valence-electron chi connectivity index (χ0n) is 11.8. The molecule has 0 radical (unpaired) electrons. The first-order valence-electron chi connectivity index (χ1n) is 6.90. The van der Waals surface area contributed by atoms with E-state index in [1.807, 2.05) is 4.90 Å². The summed E-state index contributed by atoms with van der Waals surface area (Å²) in [7, 11) is 0. The second-order valence-electron chi connectivity index (χ2n) is 5.45. The van der Waals surface area contributed by atoms with E-state index in [9.17, 15) is 9.18 Å². The number of halogens is 2. The summed E-state index contributed by atoms with van der Waals surface area (Å²) in [6.07, 6.45) is 0.913. The molecule has 0 aromatic heterocycles. The van der Waals surface area contributed by atoms with Crippen LogP contribution in [0.2, 0.25) is 0 Å². The van der Waals surface area contributed by atoms with Gasteiger partial charge in [-0.1, -0.05) is 22.9 Å². The molecule has 3 nitrogen and oxygen atoms in total. The van der Waals surface area contributed by atoms with Crippen molar-refractivity contribution >= 4 is 21.8 Å². The minimum absolute atomic E-state index is 0.133.